The second-order valence-corrected chi connectivity index (χ2v) is 8.80. The van der Waals surface area contributed by atoms with Gasteiger partial charge in [0.25, 0.3) is 0 Å². The second-order valence-electron chi connectivity index (χ2n) is 7.69. The zero-order chi connectivity index (χ0) is 21.1. The summed E-state index contributed by atoms with van der Waals surface area (Å²) in [4.78, 5) is 29.3. The third kappa shape index (κ3) is 4.63. The fourth-order valence-corrected chi connectivity index (χ4v) is 4.85. The molecule has 0 N–H and O–H groups in total. The van der Waals surface area contributed by atoms with Crippen LogP contribution in [0.15, 0.2) is 30.3 Å². The molecule has 0 bridgehead atoms. The van der Waals surface area contributed by atoms with Gasteiger partial charge >= 0.3 is 5.97 Å². The number of para-hydroxylation sites is 1. The number of ketones is 1. The van der Waals surface area contributed by atoms with E-state index in [0.29, 0.717) is 12.0 Å². The highest BCUT2D eigenvalue weighted by atomic mass is 32.1. The number of hydrogen-bond acceptors (Lipinski definition) is 6. The van der Waals surface area contributed by atoms with Gasteiger partial charge in [0.05, 0.1) is 27.7 Å². The molecule has 1 saturated heterocycles. The van der Waals surface area contributed by atoms with Crippen molar-refractivity contribution in [3.8, 4) is 0 Å². The molecule has 1 aromatic carbocycles. The summed E-state index contributed by atoms with van der Waals surface area (Å²) < 4.78 is 14.2. The van der Waals surface area contributed by atoms with E-state index in [1.807, 2.05) is 44.2 Å². The fourth-order valence-electron chi connectivity index (χ4n) is 3.89. The Morgan fingerprint density at radius 3 is 2.90 bits per heavy atom. The van der Waals surface area contributed by atoms with E-state index >= 15 is 0 Å². The fraction of sp³-hybridized carbons (Fsp3) is 0.435. The van der Waals surface area contributed by atoms with Gasteiger partial charge in [-0.25, -0.2) is 4.98 Å². The summed E-state index contributed by atoms with van der Waals surface area (Å²) in [5.41, 5.74) is 3.48. The summed E-state index contributed by atoms with van der Waals surface area (Å²) in [6, 6.07) is 9.78. The first-order chi connectivity index (χ1) is 14.5. The predicted molar refractivity (Wildman–Crippen MR) is 116 cm³/mol. The molecule has 1 fully saturated rings. The first-order valence-corrected chi connectivity index (χ1v) is 11.1. The summed E-state index contributed by atoms with van der Waals surface area (Å²) in [7, 11) is 0. The SMILES string of the molecule is Cc1cc(C(=O)COC(=O)CCc2nc3ccccc3s2)c(C)n1C[C@@H]1CCCO1. The smallest absolute Gasteiger partial charge is 0.306 e. The topological polar surface area (TPSA) is 70.4 Å². The molecule has 0 saturated carbocycles. The van der Waals surface area contributed by atoms with E-state index in [2.05, 4.69) is 9.55 Å². The monoisotopic (exact) mass is 426 g/mol. The number of nitrogens with zero attached hydrogens (tertiary/aromatic N) is 2. The molecule has 2 aromatic heterocycles. The summed E-state index contributed by atoms with van der Waals surface area (Å²) in [5.74, 6) is -0.550. The molecule has 4 rings (SSSR count). The van der Waals surface area contributed by atoms with Gasteiger partial charge in [0, 0.05) is 36.5 Å². The molecular weight excluding hydrogens is 400 g/mol. The van der Waals surface area contributed by atoms with Crippen molar-refractivity contribution in [3.05, 3.63) is 52.3 Å². The Balaban J connectivity index is 1.30. The van der Waals surface area contributed by atoms with Crippen molar-refractivity contribution in [2.24, 2.45) is 0 Å². The molecule has 1 atom stereocenters. The van der Waals surface area contributed by atoms with Gasteiger partial charge in [-0.3, -0.25) is 9.59 Å². The van der Waals surface area contributed by atoms with Crippen LogP contribution in [0.25, 0.3) is 10.2 Å². The molecule has 3 aromatic rings. The number of thiazole rings is 1. The summed E-state index contributed by atoms with van der Waals surface area (Å²) in [6.07, 6.45) is 3.07. The Labute approximate surface area is 179 Å². The molecule has 158 valence electrons. The first kappa shape index (κ1) is 20.8. The van der Waals surface area contributed by atoms with Crippen LogP contribution in [0, 0.1) is 13.8 Å². The molecular formula is C23H26N2O4S. The lowest BCUT2D eigenvalue weighted by molar-refractivity contribution is -0.142. The maximum atomic E-state index is 12.6. The third-order valence-corrected chi connectivity index (χ3v) is 6.63. The normalized spacial score (nSPS) is 16.3. The Hall–Kier alpha value is -2.51. The van der Waals surface area contributed by atoms with Gasteiger partial charge in [-0.05, 0) is 44.9 Å². The van der Waals surface area contributed by atoms with Crippen LogP contribution in [-0.2, 0) is 27.2 Å². The van der Waals surface area contributed by atoms with Crippen LogP contribution in [-0.4, -0.2) is 40.6 Å². The zero-order valence-electron chi connectivity index (χ0n) is 17.3. The quantitative estimate of drug-likeness (QED) is 0.398. The molecule has 0 amide bonds. The summed E-state index contributed by atoms with van der Waals surface area (Å²) >= 11 is 1.58. The first-order valence-electron chi connectivity index (χ1n) is 10.3. The van der Waals surface area contributed by atoms with Crippen molar-refractivity contribution in [2.45, 2.75) is 52.2 Å². The lowest BCUT2D eigenvalue weighted by atomic mass is 10.1. The number of carbonyl (C=O) groups excluding carboxylic acids is 2. The van der Waals surface area contributed by atoms with E-state index in [0.717, 1.165) is 52.6 Å². The van der Waals surface area contributed by atoms with Crippen LogP contribution in [0.2, 0.25) is 0 Å². The molecule has 30 heavy (non-hydrogen) atoms. The van der Waals surface area contributed by atoms with Crippen molar-refractivity contribution in [2.75, 3.05) is 13.2 Å². The van der Waals surface area contributed by atoms with E-state index < -0.39 is 0 Å². The van der Waals surface area contributed by atoms with E-state index in [1.54, 1.807) is 11.3 Å². The molecule has 1 aliphatic rings. The third-order valence-electron chi connectivity index (χ3n) is 5.53. The standard InChI is InChI=1S/C23H26N2O4S/c1-15-12-18(16(2)25(15)13-17-6-5-11-28-17)20(26)14-29-23(27)10-9-22-24-19-7-3-4-8-21(19)30-22/h3-4,7-8,12,17H,5-6,9-11,13-14H2,1-2H3/t17-/m0/s1. The molecule has 1 aliphatic heterocycles. The second kappa shape index (κ2) is 9.10. The van der Waals surface area contributed by atoms with E-state index in [1.165, 1.54) is 0 Å². The minimum atomic E-state index is -0.379. The molecule has 0 aliphatic carbocycles. The Morgan fingerprint density at radius 1 is 1.30 bits per heavy atom. The highest BCUT2D eigenvalue weighted by Gasteiger charge is 2.21. The van der Waals surface area contributed by atoms with Crippen LogP contribution in [0.5, 0.6) is 0 Å². The Kier molecular flexibility index (Phi) is 6.29. The maximum absolute atomic E-state index is 12.6. The molecule has 0 spiro atoms. The Morgan fingerprint density at radius 2 is 2.13 bits per heavy atom. The zero-order valence-corrected chi connectivity index (χ0v) is 18.2. The van der Waals surface area contributed by atoms with Crippen LogP contribution in [0.4, 0.5) is 0 Å². The highest BCUT2D eigenvalue weighted by molar-refractivity contribution is 7.18. The van der Waals surface area contributed by atoms with Gasteiger partial charge in [0.2, 0.25) is 5.78 Å². The van der Waals surface area contributed by atoms with Crippen molar-refractivity contribution < 1.29 is 19.1 Å². The van der Waals surface area contributed by atoms with Crippen LogP contribution >= 0.6 is 11.3 Å². The number of aryl methyl sites for hydroxylation is 2. The highest BCUT2D eigenvalue weighted by Crippen LogP contribution is 2.23. The number of fused-ring (bicyclic) bond motifs is 1. The minimum Gasteiger partial charge on any atom is -0.457 e. The van der Waals surface area contributed by atoms with Gasteiger partial charge in [-0.15, -0.1) is 11.3 Å². The van der Waals surface area contributed by atoms with Crippen LogP contribution in [0.3, 0.4) is 0 Å². The number of ether oxygens (including phenoxy) is 2. The van der Waals surface area contributed by atoms with E-state index in [4.69, 9.17) is 9.47 Å². The molecule has 3 heterocycles. The van der Waals surface area contributed by atoms with Gasteiger partial charge < -0.3 is 14.0 Å². The summed E-state index contributed by atoms with van der Waals surface area (Å²) in [6.45, 7) is 5.26. The lowest BCUT2D eigenvalue weighted by Gasteiger charge is -2.14. The number of hydrogen-bond donors (Lipinski definition) is 0. The predicted octanol–water partition coefficient (Wildman–Crippen LogP) is 4.25. The van der Waals surface area contributed by atoms with Gasteiger partial charge in [0.1, 0.15) is 0 Å². The Bertz CT molecular complexity index is 1030. The minimum absolute atomic E-state index is 0.171. The van der Waals surface area contributed by atoms with E-state index in [-0.39, 0.29) is 30.9 Å². The van der Waals surface area contributed by atoms with E-state index in [9.17, 15) is 9.59 Å². The van der Waals surface area contributed by atoms with Crippen LogP contribution in [0.1, 0.15) is 46.0 Å². The van der Waals surface area contributed by atoms with Gasteiger partial charge in [-0.1, -0.05) is 12.1 Å². The average Bonchev–Trinajstić information content (AvgIpc) is 3.46. The number of aromatic nitrogens is 2. The van der Waals surface area contributed by atoms with Crippen LogP contribution < -0.4 is 0 Å². The van der Waals surface area contributed by atoms with Gasteiger partial charge in [0.15, 0.2) is 6.61 Å². The van der Waals surface area contributed by atoms with Gasteiger partial charge in [-0.2, -0.15) is 0 Å². The van der Waals surface area contributed by atoms with Crippen molar-refractivity contribution in [1.29, 1.82) is 0 Å². The number of Topliss-reactive ketones (excluding diaryl/α,β-unsaturated/α-hetero) is 1. The van der Waals surface area contributed by atoms with Crippen molar-refractivity contribution in [3.63, 3.8) is 0 Å². The van der Waals surface area contributed by atoms with Crippen molar-refractivity contribution >= 4 is 33.3 Å². The number of esters is 1. The summed E-state index contributed by atoms with van der Waals surface area (Å²) in [5, 5.41) is 0.900. The molecule has 0 radical (unpaired) electrons. The lowest BCUT2D eigenvalue weighted by Crippen LogP contribution is -2.18. The number of rotatable bonds is 8. The van der Waals surface area contributed by atoms with Crippen molar-refractivity contribution in [1.82, 2.24) is 9.55 Å². The molecule has 6 nitrogen and oxygen atoms in total. The number of carbonyl (C=O) groups is 2. The average molecular weight is 427 g/mol. The largest absolute Gasteiger partial charge is 0.457 e. The molecule has 7 heteroatoms. The maximum Gasteiger partial charge on any atom is 0.306 e. The number of benzene rings is 1. The molecule has 0 unspecified atom stereocenters.